The molecule has 0 heterocycles. The maximum Gasteiger partial charge on any atom is 0.181 e. The molecule has 0 bridgehead atoms. The van der Waals surface area contributed by atoms with E-state index in [0.29, 0.717) is 12.2 Å². The largest absolute Gasteiger partial charge is 0.504 e. The summed E-state index contributed by atoms with van der Waals surface area (Å²) in [5, 5.41) is 29.5. The zero-order valence-corrected chi connectivity index (χ0v) is 6.49. The Hall–Kier alpha value is -1.42. The first-order valence-corrected chi connectivity index (χ1v) is 3.61. The van der Waals surface area contributed by atoms with Crippen LogP contribution in [0.25, 0.3) is 0 Å². The summed E-state index contributed by atoms with van der Waals surface area (Å²) >= 11 is 0. The van der Waals surface area contributed by atoms with Crippen molar-refractivity contribution in [3.63, 3.8) is 0 Å². The van der Waals surface area contributed by atoms with Crippen LogP contribution in [0, 0.1) is 0 Å². The van der Waals surface area contributed by atoms with E-state index in [-0.39, 0.29) is 18.1 Å². The molecule has 0 aliphatic carbocycles. The lowest BCUT2D eigenvalue weighted by Gasteiger charge is -2.06. The Morgan fingerprint density at radius 1 is 1.25 bits per heavy atom. The van der Waals surface area contributed by atoms with Crippen LogP contribution in [0.2, 0.25) is 0 Å². The minimum Gasteiger partial charge on any atom is -0.504 e. The molecule has 0 aliphatic heterocycles. The standard InChI is InChI=1S/C8H11NO3/c10-5-4-9-6-2-1-3-7(11)8(6)12/h1-3,9-12H,4-5H2. The van der Waals surface area contributed by atoms with Gasteiger partial charge >= 0.3 is 0 Å². The van der Waals surface area contributed by atoms with Crippen LogP contribution in [0.4, 0.5) is 5.69 Å². The van der Waals surface area contributed by atoms with Crippen LogP contribution in [0.3, 0.4) is 0 Å². The zero-order chi connectivity index (χ0) is 8.97. The molecule has 0 radical (unpaired) electrons. The fourth-order valence-corrected chi connectivity index (χ4v) is 0.865. The number of anilines is 1. The van der Waals surface area contributed by atoms with Crippen LogP contribution in [-0.4, -0.2) is 28.5 Å². The van der Waals surface area contributed by atoms with Crippen molar-refractivity contribution in [2.45, 2.75) is 0 Å². The quantitative estimate of drug-likeness (QED) is 0.497. The van der Waals surface area contributed by atoms with E-state index in [1.807, 2.05) is 0 Å². The Morgan fingerprint density at radius 3 is 2.67 bits per heavy atom. The molecule has 4 nitrogen and oxygen atoms in total. The number of aliphatic hydroxyl groups excluding tert-OH is 1. The molecule has 66 valence electrons. The molecule has 12 heavy (non-hydrogen) atoms. The molecule has 4 heteroatoms. The topological polar surface area (TPSA) is 72.7 Å². The fourth-order valence-electron chi connectivity index (χ4n) is 0.865. The lowest BCUT2D eigenvalue weighted by atomic mass is 10.2. The molecule has 4 N–H and O–H groups in total. The van der Waals surface area contributed by atoms with Gasteiger partial charge in [-0.2, -0.15) is 0 Å². The highest BCUT2D eigenvalue weighted by Gasteiger charge is 2.03. The summed E-state index contributed by atoms with van der Waals surface area (Å²) in [7, 11) is 0. The van der Waals surface area contributed by atoms with Crippen molar-refractivity contribution in [3.8, 4) is 11.5 Å². The lowest BCUT2D eigenvalue weighted by Crippen LogP contribution is -2.05. The van der Waals surface area contributed by atoms with E-state index in [1.165, 1.54) is 6.07 Å². The summed E-state index contributed by atoms with van der Waals surface area (Å²) in [6.45, 7) is 0.326. The van der Waals surface area contributed by atoms with Gasteiger partial charge in [0, 0.05) is 6.54 Å². The van der Waals surface area contributed by atoms with Gasteiger partial charge in [-0.1, -0.05) is 6.07 Å². The van der Waals surface area contributed by atoms with E-state index in [1.54, 1.807) is 12.1 Å². The van der Waals surface area contributed by atoms with Gasteiger partial charge in [0.25, 0.3) is 0 Å². The Balaban J connectivity index is 2.78. The smallest absolute Gasteiger partial charge is 0.181 e. The molecule has 0 spiro atoms. The first-order chi connectivity index (χ1) is 5.75. The fraction of sp³-hybridized carbons (Fsp3) is 0.250. The van der Waals surface area contributed by atoms with Crippen molar-refractivity contribution in [3.05, 3.63) is 18.2 Å². The van der Waals surface area contributed by atoms with Crippen LogP contribution >= 0.6 is 0 Å². The summed E-state index contributed by atoms with van der Waals surface area (Å²) in [6, 6.07) is 4.61. The van der Waals surface area contributed by atoms with Crippen LogP contribution in [-0.2, 0) is 0 Å². The highest BCUT2D eigenvalue weighted by atomic mass is 16.3. The second-order valence-electron chi connectivity index (χ2n) is 2.32. The summed E-state index contributed by atoms with van der Waals surface area (Å²) < 4.78 is 0. The summed E-state index contributed by atoms with van der Waals surface area (Å²) in [5.74, 6) is -0.358. The van der Waals surface area contributed by atoms with E-state index < -0.39 is 0 Å². The van der Waals surface area contributed by atoms with Crippen molar-refractivity contribution < 1.29 is 15.3 Å². The van der Waals surface area contributed by atoms with Gasteiger partial charge in [-0.05, 0) is 12.1 Å². The van der Waals surface area contributed by atoms with Gasteiger partial charge in [-0.25, -0.2) is 0 Å². The maximum atomic E-state index is 9.23. The third-order valence-electron chi connectivity index (χ3n) is 1.44. The Labute approximate surface area is 70.1 Å². The van der Waals surface area contributed by atoms with Gasteiger partial charge < -0.3 is 20.6 Å². The molecular formula is C8H11NO3. The van der Waals surface area contributed by atoms with Gasteiger partial charge in [0.2, 0.25) is 0 Å². The van der Waals surface area contributed by atoms with Crippen molar-refractivity contribution in [1.82, 2.24) is 0 Å². The Bertz CT molecular complexity index is 262. The van der Waals surface area contributed by atoms with Crippen molar-refractivity contribution in [1.29, 1.82) is 0 Å². The first-order valence-electron chi connectivity index (χ1n) is 3.61. The number of phenols is 2. The van der Waals surface area contributed by atoms with Gasteiger partial charge in [0.15, 0.2) is 11.5 Å². The molecule has 0 atom stereocenters. The molecule has 0 amide bonds. The number of aliphatic hydroxyl groups is 1. The second-order valence-corrected chi connectivity index (χ2v) is 2.32. The van der Waals surface area contributed by atoms with E-state index in [4.69, 9.17) is 10.2 Å². The molecule has 1 aromatic rings. The number of phenolic OH excluding ortho intramolecular Hbond substituents is 2. The minimum absolute atomic E-state index is 0.0188. The molecule has 0 saturated heterocycles. The zero-order valence-electron chi connectivity index (χ0n) is 6.49. The molecule has 1 aromatic carbocycles. The highest BCUT2D eigenvalue weighted by molar-refractivity contribution is 5.61. The SMILES string of the molecule is OCCNc1cccc(O)c1O. The molecule has 1 rings (SSSR count). The van der Waals surface area contributed by atoms with Crippen molar-refractivity contribution in [2.75, 3.05) is 18.5 Å². The lowest BCUT2D eigenvalue weighted by molar-refractivity contribution is 0.311. The van der Waals surface area contributed by atoms with Crippen LogP contribution in [0.15, 0.2) is 18.2 Å². The van der Waals surface area contributed by atoms with E-state index in [0.717, 1.165) is 0 Å². The Kier molecular flexibility index (Phi) is 2.76. The number of benzene rings is 1. The van der Waals surface area contributed by atoms with Crippen molar-refractivity contribution >= 4 is 5.69 Å². The number of hydrogen-bond donors (Lipinski definition) is 4. The van der Waals surface area contributed by atoms with Crippen molar-refractivity contribution in [2.24, 2.45) is 0 Å². The molecule has 0 aliphatic rings. The van der Waals surface area contributed by atoms with E-state index in [2.05, 4.69) is 5.32 Å². The summed E-state index contributed by atoms with van der Waals surface area (Å²) in [5.41, 5.74) is 0.420. The highest BCUT2D eigenvalue weighted by Crippen LogP contribution is 2.31. The molecule has 0 fully saturated rings. The molecule has 0 saturated carbocycles. The van der Waals surface area contributed by atoms with Gasteiger partial charge in [0.1, 0.15) is 0 Å². The number of rotatable bonds is 3. The minimum atomic E-state index is -0.189. The number of nitrogens with one attached hydrogen (secondary N) is 1. The average molecular weight is 169 g/mol. The predicted molar refractivity (Wildman–Crippen MR) is 45.3 cm³/mol. The number of para-hydroxylation sites is 1. The van der Waals surface area contributed by atoms with Crippen LogP contribution in [0.5, 0.6) is 11.5 Å². The van der Waals surface area contributed by atoms with Crippen LogP contribution < -0.4 is 5.32 Å². The van der Waals surface area contributed by atoms with Crippen LogP contribution in [0.1, 0.15) is 0 Å². The Morgan fingerprint density at radius 2 is 2.00 bits per heavy atom. The average Bonchev–Trinajstić information content (AvgIpc) is 2.08. The van der Waals surface area contributed by atoms with Gasteiger partial charge in [-0.3, -0.25) is 0 Å². The van der Waals surface area contributed by atoms with E-state index in [9.17, 15) is 5.11 Å². The molecule has 0 aromatic heterocycles. The first kappa shape index (κ1) is 8.67. The monoisotopic (exact) mass is 169 g/mol. The van der Waals surface area contributed by atoms with Gasteiger partial charge in [-0.15, -0.1) is 0 Å². The summed E-state index contributed by atoms with van der Waals surface area (Å²) in [6.07, 6.45) is 0. The predicted octanol–water partition coefficient (Wildman–Crippen LogP) is 0.502. The summed E-state index contributed by atoms with van der Waals surface area (Å²) in [4.78, 5) is 0. The molecule has 0 unspecified atom stereocenters. The maximum absolute atomic E-state index is 9.23. The third-order valence-corrected chi connectivity index (χ3v) is 1.44. The second kappa shape index (κ2) is 3.82. The van der Waals surface area contributed by atoms with Gasteiger partial charge in [0.05, 0.1) is 12.3 Å². The molecular weight excluding hydrogens is 158 g/mol. The number of aromatic hydroxyl groups is 2. The number of hydrogen-bond acceptors (Lipinski definition) is 4. The van der Waals surface area contributed by atoms with E-state index >= 15 is 0 Å². The third kappa shape index (κ3) is 1.79. The normalized spacial score (nSPS) is 9.75.